The Hall–Kier alpha value is -4.86. The quantitative estimate of drug-likeness (QED) is 0.243. The Morgan fingerprint density at radius 2 is 1.63 bits per heavy atom. The zero-order valence-corrected chi connectivity index (χ0v) is 18.4. The first-order valence-electron chi connectivity index (χ1n) is 10.5. The van der Waals surface area contributed by atoms with Gasteiger partial charge in [0.05, 0.1) is 28.3 Å². The highest BCUT2D eigenvalue weighted by molar-refractivity contribution is 6.30. The molecule has 0 atom stereocenters. The number of nitro benzene ring substituents is 1. The van der Waals surface area contributed by atoms with Gasteiger partial charge in [-0.25, -0.2) is 4.79 Å². The number of hydrogen-bond acceptors (Lipinski definition) is 8. The minimum absolute atomic E-state index is 0.00133. The van der Waals surface area contributed by atoms with Gasteiger partial charge in [-0.05, 0) is 25.1 Å². The van der Waals surface area contributed by atoms with Crippen molar-refractivity contribution in [2.45, 2.75) is 6.92 Å². The first-order chi connectivity index (χ1) is 16.8. The molecule has 3 aromatic carbocycles. The summed E-state index contributed by atoms with van der Waals surface area (Å²) < 4.78 is 10.2. The lowest BCUT2D eigenvalue weighted by Gasteiger charge is -2.20. The fraction of sp³-hybridized carbons (Fsp3) is 0.120. The number of esters is 1. The zero-order chi connectivity index (χ0) is 25.1. The van der Waals surface area contributed by atoms with Crippen LogP contribution in [0.3, 0.4) is 0 Å². The van der Waals surface area contributed by atoms with Gasteiger partial charge in [-0.1, -0.05) is 36.4 Å². The average Bonchev–Trinajstić information content (AvgIpc) is 2.86. The Bertz CT molecular complexity index is 1400. The molecule has 10 nitrogen and oxygen atoms in total. The number of fused-ring (bicyclic) bond motifs is 2. The number of hydrogen-bond donors (Lipinski definition) is 1. The lowest BCUT2D eigenvalue weighted by Crippen LogP contribution is -2.26. The summed E-state index contributed by atoms with van der Waals surface area (Å²) >= 11 is 0. The smallest absolute Gasteiger partial charge is 0.338 e. The molecule has 176 valence electrons. The van der Waals surface area contributed by atoms with Gasteiger partial charge in [-0.2, -0.15) is 0 Å². The molecule has 10 heteroatoms. The van der Waals surface area contributed by atoms with Crippen LogP contribution in [-0.2, 0) is 9.53 Å². The number of ether oxygens (including phenoxy) is 2. The zero-order valence-electron chi connectivity index (χ0n) is 18.4. The molecule has 1 N–H and O–H groups in total. The number of benzene rings is 3. The lowest BCUT2D eigenvalue weighted by molar-refractivity contribution is -0.385. The van der Waals surface area contributed by atoms with Crippen LogP contribution in [0.4, 0.5) is 11.4 Å². The SMILES string of the molecule is CCOc1ccc(C(=O)OCC(=O)Nc2cccc3c2C(=O)c2ccccc2C3=O)cc1[N+](=O)[O-]. The first kappa shape index (κ1) is 23.3. The molecule has 3 aromatic rings. The van der Waals surface area contributed by atoms with Crippen molar-refractivity contribution in [1.29, 1.82) is 0 Å². The van der Waals surface area contributed by atoms with Crippen molar-refractivity contribution in [2.75, 3.05) is 18.5 Å². The van der Waals surface area contributed by atoms with Crippen molar-refractivity contribution < 1.29 is 33.6 Å². The van der Waals surface area contributed by atoms with E-state index < -0.39 is 34.9 Å². The predicted molar refractivity (Wildman–Crippen MR) is 123 cm³/mol. The Morgan fingerprint density at radius 3 is 2.31 bits per heavy atom. The second-order valence-electron chi connectivity index (χ2n) is 7.43. The molecule has 0 aliphatic heterocycles. The van der Waals surface area contributed by atoms with Crippen molar-refractivity contribution in [1.82, 2.24) is 0 Å². The number of anilines is 1. The molecule has 1 aliphatic carbocycles. The third-order valence-electron chi connectivity index (χ3n) is 5.25. The average molecular weight is 474 g/mol. The van der Waals surface area contributed by atoms with E-state index >= 15 is 0 Å². The van der Waals surface area contributed by atoms with E-state index in [1.165, 1.54) is 36.4 Å². The summed E-state index contributed by atoms with van der Waals surface area (Å²) in [7, 11) is 0. The molecule has 1 aliphatic rings. The van der Waals surface area contributed by atoms with Crippen LogP contribution < -0.4 is 10.1 Å². The Kier molecular flexibility index (Phi) is 6.36. The van der Waals surface area contributed by atoms with Gasteiger partial charge < -0.3 is 14.8 Å². The van der Waals surface area contributed by atoms with Crippen LogP contribution in [-0.4, -0.2) is 41.6 Å². The highest BCUT2D eigenvalue weighted by atomic mass is 16.6. The van der Waals surface area contributed by atoms with Crippen LogP contribution in [0.2, 0.25) is 0 Å². The molecule has 0 fully saturated rings. The summed E-state index contributed by atoms with van der Waals surface area (Å²) in [4.78, 5) is 61.2. The molecule has 35 heavy (non-hydrogen) atoms. The van der Waals surface area contributed by atoms with E-state index in [1.807, 2.05) is 0 Å². The number of nitrogens with one attached hydrogen (secondary N) is 1. The molecular weight excluding hydrogens is 456 g/mol. The Morgan fingerprint density at radius 1 is 0.943 bits per heavy atom. The maximum Gasteiger partial charge on any atom is 0.338 e. The van der Waals surface area contributed by atoms with E-state index in [9.17, 15) is 29.3 Å². The molecule has 0 aromatic heterocycles. The van der Waals surface area contributed by atoms with E-state index in [-0.39, 0.29) is 51.6 Å². The number of nitrogens with zero attached hydrogens (tertiary/aromatic N) is 1. The molecule has 0 unspecified atom stereocenters. The van der Waals surface area contributed by atoms with Crippen molar-refractivity contribution in [3.05, 3.63) is 98.6 Å². The number of carbonyl (C=O) groups is 4. The van der Waals surface area contributed by atoms with Crippen LogP contribution in [0.15, 0.2) is 60.7 Å². The van der Waals surface area contributed by atoms with Gasteiger partial charge in [-0.3, -0.25) is 24.5 Å². The third kappa shape index (κ3) is 4.49. The van der Waals surface area contributed by atoms with E-state index in [0.717, 1.165) is 6.07 Å². The molecule has 0 radical (unpaired) electrons. The molecule has 0 saturated carbocycles. The van der Waals surface area contributed by atoms with Gasteiger partial charge >= 0.3 is 11.7 Å². The maximum atomic E-state index is 13.0. The number of ketones is 2. The summed E-state index contributed by atoms with van der Waals surface area (Å²) in [5.74, 6) is -2.46. The van der Waals surface area contributed by atoms with Crippen molar-refractivity contribution in [2.24, 2.45) is 0 Å². The molecule has 4 rings (SSSR count). The van der Waals surface area contributed by atoms with Crippen LogP contribution in [0.25, 0.3) is 0 Å². The van der Waals surface area contributed by atoms with E-state index in [1.54, 1.807) is 25.1 Å². The summed E-state index contributed by atoms with van der Waals surface area (Å²) in [5.41, 5.74) is 0.283. The third-order valence-corrected chi connectivity index (χ3v) is 5.25. The van der Waals surface area contributed by atoms with Crippen LogP contribution in [0, 0.1) is 10.1 Å². The monoisotopic (exact) mass is 474 g/mol. The summed E-state index contributed by atoms with van der Waals surface area (Å²) in [6.45, 7) is 1.15. The van der Waals surface area contributed by atoms with Gasteiger partial charge in [0.15, 0.2) is 23.9 Å². The molecular formula is C25H18N2O8. The van der Waals surface area contributed by atoms with Crippen LogP contribution >= 0.6 is 0 Å². The molecule has 0 bridgehead atoms. The summed E-state index contributed by atoms with van der Waals surface area (Å²) in [6, 6.07) is 14.5. The highest BCUT2D eigenvalue weighted by Crippen LogP contribution is 2.32. The van der Waals surface area contributed by atoms with Crippen molar-refractivity contribution >= 4 is 34.8 Å². The second kappa shape index (κ2) is 9.56. The van der Waals surface area contributed by atoms with Crippen molar-refractivity contribution in [3.63, 3.8) is 0 Å². The molecule has 0 spiro atoms. The fourth-order valence-electron chi connectivity index (χ4n) is 3.71. The van der Waals surface area contributed by atoms with E-state index in [2.05, 4.69) is 5.32 Å². The maximum absolute atomic E-state index is 13.0. The van der Waals surface area contributed by atoms with Gasteiger partial charge in [-0.15, -0.1) is 0 Å². The lowest BCUT2D eigenvalue weighted by atomic mass is 9.83. The number of nitro groups is 1. The van der Waals surface area contributed by atoms with E-state index in [4.69, 9.17) is 9.47 Å². The number of amides is 1. The van der Waals surface area contributed by atoms with Crippen LogP contribution in [0.5, 0.6) is 5.75 Å². The summed E-state index contributed by atoms with van der Waals surface area (Å²) in [6.07, 6.45) is 0. The van der Waals surface area contributed by atoms with Gasteiger partial charge in [0, 0.05) is 22.8 Å². The standard InChI is InChI=1S/C25H18N2O8/c1-2-34-20-11-10-14(12-19(20)27(32)33)25(31)35-13-21(28)26-18-9-5-8-17-22(18)24(30)16-7-4-3-6-15(16)23(17)29/h3-12H,2,13H2,1H3,(H,26,28). The van der Waals surface area contributed by atoms with Gasteiger partial charge in [0.1, 0.15) is 0 Å². The van der Waals surface area contributed by atoms with Gasteiger partial charge in [0.2, 0.25) is 0 Å². The molecule has 0 heterocycles. The Labute approximate surface area is 198 Å². The molecule has 0 saturated heterocycles. The van der Waals surface area contributed by atoms with E-state index in [0.29, 0.717) is 0 Å². The fourth-order valence-corrected chi connectivity index (χ4v) is 3.71. The second-order valence-corrected chi connectivity index (χ2v) is 7.43. The topological polar surface area (TPSA) is 142 Å². The number of rotatable bonds is 7. The first-order valence-corrected chi connectivity index (χ1v) is 10.5. The van der Waals surface area contributed by atoms with Crippen LogP contribution in [0.1, 0.15) is 49.1 Å². The predicted octanol–water partition coefficient (Wildman–Crippen LogP) is 3.56. The normalized spacial score (nSPS) is 11.8. The van der Waals surface area contributed by atoms with Gasteiger partial charge in [0.25, 0.3) is 5.91 Å². The Balaban J connectivity index is 1.48. The molecule has 1 amide bonds. The number of carbonyl (C=O) groups excluding carboxylic acids is 4. The highest BCUT2D eigenvalue weighted by Gasteiger charge is 2.31. The summed E-state index contributed by atoms with van der Waals surface area (Å²) in [5, 5.41) is 13.7. The van der Waals surface area contributed by atoms with Crippen molar-refractivity contribution in [3.8, 4) is 5.75 Å². The minimum atomic E-state index is -0.957. The minimum Gasteiger partial charge on any atom is -0.487 e. The largest absolute Gasteiger partial charge is 0.487 e.